The summed E-state index contributed by atoms with van der Waals surface area (Å²) in [6, 6.07) is 21.3. The summed E-state index contributed by atoms with van der Waals surface area (Å²) in [7, 11) is 0. The summed E-state index contributed by atoms with van der Waals surface area (Å²) in [5.41, 5.74) is 4.85. The molecule has 1 N–H and O–H groups in total. The maximum atomic E-state index is 13.0. The molecule has 2 fully saturated rings. The van der Waals surface area contributed by atoms with Crippen molar-refractivity contribution in [3.05, 3.63) is 94.0 Å². The number of rotatable bonds is 7. The largest absolute Gasteiger partial charge is 0.489 e. The topological polar surface area (TPSA) is 82.2 Å². The van der Waals surface area contributed by atoms with Gasteiger partial charge in [-0.2, -0.15) is 0 Å². The predicted molar refractivity (Wildman–Crippen MR) is 152 cm³/mol. The first-order valence-electron chi connectivity index (χ1n) is 13.6. The number of ether oxygens (including phenoxy) is 1. The number of piperidine rings is 1. The van der Waals surface area contributed by atoms with E-state index in [0.29, 0.717) is 30.9 Å². The number of hydrogen-bond acceptors (Lipinski definition) is 6. The fraction of sp³-hybridized carbons (Fsp3) is 0.323. The van der Waals surface area contributed by atoms with Crippen LogP contribution < -0.4 is 15.0 Å². The second-order valence-corrected chi connectivity index (χ2v) is 11.0. The Morgan fingerprint density at radius 1 is 0.875 bits per heavy atom. The Morgan fingerprint density at radius 3 is 2.33 bits per heavy atom. The van der Waals surface area contributed by atoms with Crippen molar-refractivity contribution in [2.75, 3.05) is 31.1 Å². The molecular weight excluding hydrogens is 528 g/mol. The van der Waals surface area contributed by atoms with Crippen LogP contribution >= 0.6 is 11.6 Å². The predicted octanol–water partition coefficient (Wildman–Crippen LogP) is 4.00. The van der Waals surface area contributed by atoms with E-state index in [-0.39, 0.29) is 18.2 Å². The quantitative estimate of drug-likeness (QED) is 0.441. The first-order valence-corrected chi connectivity index (χ1v) is 14.0. The number of nitrogens with zero attached hydrogens (tertiary/aromatic N) is 3. The van der Waals surface area contributed by atoms with Crippen molar-refractivity contribution in [1.29, 1.82) is 0 Å². The van der Waals surface area contributed by atoms with Crippen LogP contribution in [0, 0.1) is 0 Å². The van der Waals surface area contributed by atoms with E-state index < -0.39 is 11.9 Å². The third kappa shape index (κ3) is 5.55. The lowest BCUT2D eigenvalue weighted by atomic mass is 10.0. The highest BCUT2D eigenvalue weighted by Crippen LogP contribution is 2.34. The minimum Gasteiger partial charge on any atom is -0.489 e. The average molecular weight is 559 g/mol. The Balaban J connectivity index is 1.03. The van der Waals surface area contributed by atoms with Crippen molar-refractivity contribution in [2.45, 2.75) is 38.6 Å². The number of benzene rings is 3. The van der Waals surface area contributed by atoms with Gasteiger partial charge in [0.2, 0.25) is 11.8 Å². The van der Waals surface area contributed by atoms with Gasteiger partial charge in [0.15, 0.2) is 0 Å². The zero-order chi connectivity index (χ0) is 27.6. The van der Waals surface area contributed by atoms with Gasteiger partial charge < -0.3 is 14.5 Å². The number of nitrogens with one attached hydrogen (secondary N) is 1. The van der Waals surface area contributed by atoms with Crippen LogP contribution in [-0.4, -0.2) is 59.7 Å². The molecule has 9 heteroatoms. The minimum atomic E-state index is -0.640. The maximum Gasteiger partial charge on any atom is 0.255 e. The number of anilines is 1. The molecule has 3 amide bonds. The van der Waals surface area contributed by atoms with Gasteiger partial charge in [-0.05, 0) is 53.9 Å². The van der Waals surface area contributed by atoms with Crippen LogP contribution in [-0.2, 0) is 29.3 Å². The molecule has 0 aromatic heterocycles. The number of fused-ring (bicyclic) bond motifs is 1. The van der Waals surface area contributed by atoms with E-state index in [9.17, 15) is 14.4 Å². The molecule has 1 unspecified atom stereocenters. The van der Waals surface area contributed by atoms with E-state index in [1.165, 1.54) is 11.3 Å². The maximum absolute atomic E-state index is 13.0. The molecule has 206 valence electrons. The van der Waals surface area contributed by atoms with Crippen LogP contribution in [0.1, 0.15) is 39.9 Å². The van der Waals surface area contributed by atoms with Gasteiger partial charge in [-0.1, -0.05) is 41.9 Å². The summed E-state index contributed by atoms with van der Waals surface area (Å²) in [5.74, 6) is -0.267. The highest BCUT2D eigenvalue weighted by Gasteiger charge is 2.40. The standard InChI is InChI=1S/C31H31ClN4O4/c32-23-8-10-24(11-9-23)35-16-14-34(15-17-35)18-21-4-6-22(7-5-21)20-40-28-3-1-2-25-26(28)19-36(31(25)39)27-12-13-29(37)33-30(27)38/h1-11,27H,12-20H2,(H,33,37,38). The zero-order valence-electron chi connectivity index (χ0n) is 22.1. The summed E-state index contributed by atoms with van der Waals surface area (Å²) in [6.45, 7) is 5.54. The van der Waals surface area contributed by atoms with Crippen LogP contribution in [0.15, 0.2) is 66.7 Å². The SMILES string of the molecule is O=C1CCC(N2Cc3c(OCc4ccc(CN5CCN(c6ccc(Cl)cc6)CC5)cc4)cccc3C2=O)C(=O)N1. The summed E-state index contributed by atoms with van der Waals surface area (Å²) in [6.07, 6.45) is 0.570. The van der Waals surface area contributed by atoms with Crippen molar-refractivity contribution in [3.8, 4) is 5.75 Å². The number of halogens is 1. The molecule has 3 aliphatic heterocycles. The Kier molecular flexibility index (Phi) is 7.45. The lowest BCUT2D eigenvalue weighted by Gasteiger charge is -2.36. The van der Waals surface area contributed by atoms with Gasteiger partial charge in [0.05, 0.1) is 6.54 Å². The molecule has 8 nitrogen and oxygen atoms in total. The van der Waals surface area contributed by atoms with Crippen LogP contribution in [0.5, 0.6) is 5.75 Å². The van der Waals surface area contributed by atoms with Crippen molar-refractivity contribution < 1.29 is 19.1 Å². The van der Waals surface area contributed by atoms with Gasteiger partial charge >= 0.3 is 0 Å². The number of carbonyl (C=O) groups excluding carboxylic acids is 3. The fourth-order valence-electron chi connectivity index (χ4n) is 5.67. The van der Waals surface area contributed by atoms with Gasteiger partial charge in [-0.3, -0.25) is 24.6 Å². The second-order valence-electron chi connectivity index (χ2n) is 10.5. The summed E-state index contributed by atoms with van der Waals surface area (Å²) < 4.78 is 6.16. The number of amides is 3. The van der Waals surface area contributed by atoms with E-state index in [0.717, 1.165) is 48.9 Å². The number of hydrogen-bond donors (Lipinski definition) is 1. The van der Waals surface area contributed by atoms with E-state index in [1.807, 2.05) is 18.2 Å². The van der Waals surface area contributed by atoms with E-state index >= 15 is 0 Å². The van der Waals surface area contributed by atoms with Crippen LogP contribution in [0.25, 0.3) is 0 Å². The smallest absolute Gasteiger partial charge is 0.255 e. The first-order chi connectivity index (χ1) is 19.4. The summed E-state index contributed by atoms with van der Waals surface area (Å²) in [5, 5.41) is 3.10. The molecule has 0 spiro atoms. The molecule has 3 aliphatic rings. The van der Waals surface area contributed by atoms with E-state index in [2.05, 4.69) is 51.5 Å². The summed E-state index contributed by atoms with van der Waals surface area (Å²) >= 11 is 6.02. The van der Waals surface area contributed by atoms with E-state index in [4.69, 9.17) is 16.3 Å². The Morgan fingerprint density at radius 2 is 1.60 bits per heavy atom. The van der Waals surface area contributed by atoms with Gasteiger partial charge in [-0.25, -0.2) is 0 Å². The normalized spacial score (nSPS) is 19.5. The van der Waals surface area contributed by atoms with Crippen LogP contribution in [0.2, 0.25) is 5.02 Å². The first kappa shape index (κ1) is 26.3. The van der Waals surface area contributed by atoms with Crippen molar-refractivity contribution in [2.24, 2.45) is 0 Å². The molecule has 6 rings (SSSR count). The highest BCUT2D eigenvalue weighted by molar-refractivity contribution is 6.30. The molecule has 0 radical (unpaired) electrons. The molecular formula is C31H31ClN4O4. The van der Waals surface area contributed by atoms with Gasteiger partial charge in [0, 0.05) is 61.0 Å². The second kappa shape index (κ2) is 11.3. The van der Waals surface area contributed by atoms with Gasteiger partial charge in [0.1, 0.15) is 18.4 Å². The molecule has 1 atom stereocenters. The molecule has 0 saturated carbocycles. The van der Waals surface area contributed by atoms with Crippen LogP contribution in [0.4, 0.5) is 5.69 Å². The van der Waals surface area contributed by atoms with Crippen molar-refractivity contribution >= 4 is 35.0 Å². The van der Waals surface area contributed by atoms with Gasteiger partial charge in [0.25, 0.3) is 5.91 Å². The Bertz CT molecular complexity index is 1420. The average Bonchev–Trinajstić information content (AvgIpc) is 3.30. The van der Waals surface area contributed by atoms with E-state index in [1.54, 1.807) is 17.0 Å². The molecule has 3 aromatic rings. The third-order valence-electron chi connectivity index (χ3n) is 7.93. The third-order valence-corrected chi connectivity index (χ3v) is 8.18. The van der Waals surface area contributed by atoms with Gasteiger partial charge in [-0.15, -0.1) is 0 Å². The molecule has 0 bridgehead atoms. The number of piperazine rings is 1. The number of imide groups is 1. The zero-order valence-corrected chi connectivity index (χ0v) is 22.9. The molecule has 40 heavy (non-hydrogen) atoms. The fourth-order valence-corrected chi connectivity index (χ4v) is 5.79. The van der Waals surface area contributed by atoms with Crippen molar-refractivity contribution in [1.82, 2.24) is 15.1 Å². The lowest BCUT2D eigenvalue weighted by Crippen LogP contribution is -2.52. The molecule has 2 saturated heterocycles. The Hall–Kier alpha value is -3.88. The lowest BCUT2D eigenvalue weighted by molar-refractivity contribution is -0.136. The van der Waals surface area contributed by atoms with Crippen molar-refractivity contribution in [3.63, 3.8) is 0 Å². The minimum absolute atomic E-state index is 0.201. The molecule has 3 heterocycles. The molecule has 0 aliphatic carbocycles. The highest BCUT2D eigenvalue weighted by atomic mass is 35.5. The molecule has 3 aromatic carbocycles. The summed E-state index contributed by atoms with van der Waals surface area (Å²) in [4.78, 5) is 43.3. The van der Waals surface area contributed by atoms with Crippen LogP contribution in [0.3, 0.4) is 0 Å². The monoisotopic (exact) mass is 558 g/mol. The Labute approximate surface area is 238 Å². The number of carbonyl (C=O) groups is 3.